The lowest BCUT2D eigenvalue weighted by Gasteiger charge is -2.10. The fraction of sp³-hybridized carbons (Fsp3) is 0.833. The molecule has 0 saturated carbocycles. The van der Waals surface area contributed by atoms with Gasteiger partial charge in [0.25, 0.3) is 0 Å². The van der Waals surface area contributed by atoms with Gasteiger partial charge in [0.2, 0.25) is 0 Å². The minimum Gasteiger partial charge on any atom is -0.126 e. The Morgan fingerprint density at radius 3 is 2.54 bits per heavy atom. The maximum absolute atomic E-state index is 5.58. The first-order valence-electron chi connectivity index (χ1n) is 5.56. The summed E-state index contributed by atoms with van der Waals surface area (Å²) in [6.07, 6.45) is 12.2. The molecule has 0 heterocycles. The Morgan fingerprint density at radius 1 is 1.23 bits per heavy atom. The first-order valence-corrected chi connectivity index (χ1v) is 6.09. The van der Waals surface area contributed by atoms with Gasteiger partial charge in [-0.2, -0.15) is 0 Å². The summed E-state index contributed by atoms with van der Waals surface area (Å²) in [5, 5.41) is 0. The summed E-state index contributed by atoms with van der Waals surface area (Å²) in [4.78, 5) is 0. The number of allylic oxidation sites excluding steroid dienone is 2. The van der Waals surface area contributed by atoms with Gasteiger partial charge in [0.1, 0.15) is 0 Å². The van der Waals surface area contributed by atoms with Crippen LogP contribution in [0.5, 0.6) is 0 Å². The summed E-state index contributed by atoms with van der Waals surface area (Å²) in [6, 6.07) is 0. The van der Waals surface area contributed by atoms with Crippen LogP contribution in [0.3, 0.4) is 0 Å². The monoisotopic (exact) mass is 202 g/mol. The minimum atomic E-state index is 0.752. The van der Waals surface area contributed by atoms with Gasteiger partial charge in [0.05, 0.1) is 0 Å². The maximum atomic E-state index is 5.58. The van der Waals surface area contributed by atoms with Gasteiger partial charge < -0.3 is 0 Å². The van der Waals surface area contributed by atoms with Gasteiger partial charge in [-0.25, -0.2) is 0 Å². The van der Waals surface area contributed by atoms with Gasteiger partial charge >= 0.3 is 0 Å². The summed E-state index contributed by atoms with van der Waals surface area (Å²) < 4.78 is 0. The van der Waals surface area contributed by atoms with Crippen LogP contribution in [0.15, 0.2) is 12.2 Å². The molecule has 0 nitrogen and oxygen atoms in total. The number of rotatable bonds is 8. The summed E-state index contributed by atoms with van der Waals surface area (Å²) in [5.41, 5.74) is 0. The number of hydrogen-bond acceptors (Lipinski definition) is 0. The maximum Gasteiger partial charge on any atom is 0.0257 e. The van der Waals surface area contributed by atoms with Crippen LogP contribution >= 0.6 is 11.6 Å². The van der Waals surface area contributed by atoms with Crippen molar-refractivity contribution in [3.05, 3.63) is 12.2 Å². The molecule has 0 aliphatic rings. The van der Waals surface area contributed by atoms with Crippen molar-refractivity contribution in [2.24, 2.45) is 5.92 Å². The quantitative estimate of drug-likeness (QED) is 0.393. The highest BCUT2D eigenvalue weighted by Crippen LogP contribution is 2.16. The third-order valence-corrected chi connectivity index (χ3v) is 2.67. The molecule has 0 aliphatic heterocycles. The van der Waals surface area contributed by atoms with Gasteiger partial charge in [0.15, 0.2) is 0 Å². The van der Waals surface area contributed by atoms with Gasteiger partial charge in [-0.15, -0.1) is 11.6 Å². The van der Waals surface area contributed by atoms with Crippen molar-refractivity contribution in [1.29, 1.82) is 0 Å². The fourth-order valence-electron chi connectivity index (χ4n) is 1.45. The first kappa shape index (κ1) is 13.0. The largest absolute Gasteiger partial charge is 0.126 e. The number of unbranched alkanes of at least 4 members (excludes halogenated alkanes) is 1. The van der Waals surface area contributed by atoms with Crippen LogP contribution in [0.2, 0.25) is 0 Å². The standard InChI is InChI=1S/C12H23Cl/c1-3-5-9-12(4-2)10-7-6-8-11-13/h6-7,12H,3-5,8-11H2,1-2H3. The second-order valence-electron chi connectivity index (χ2n) is 3.60. The van der Waals surface area contributed by atoms with E-state index in [-0.39, 0.29) is 0 Å². The number of halogens is 1. The van der Waals surface area contributed by atoms with Gasteiger partial charge in [-0.3, -0.25) is 0 Å². The topological polar surface area (TPSA) is 0 Å². The average Bonchev–Trinajstić information content (AvgIpc) is 2.17. The van der Waals surface area contributed by atoms with Crippen LogP contribution in [-0.2, 0) is 0 Å². The number of alkyl halides is 1. The Balaban J connectivity index is 3.46. The van der Waals surface area contributed by atoms with Crippen LogP contribution in [0.4, 0.5) is 0 Å². The molecular formula is C12H23Cl. The van der Waals surface area contributed by atoms with Crippen LogP contribution in [0.1, 0.15) is 52.4 Å². The molecule has 0 aliphatic carbocycles. The summed E-state index contributed by atoms with van der Waals surface area (Å²) in [6.45, 7) is 4.55. The lowest BCUT2D eigenvalue weighted by Crippen LogP contribution is -1.96. The highest BCUT2D eigenvalue weighted by atomic mass is 35.5. The Hall–Kier alpha value is 0.0300. The van der Waals surface area contributed by atoms with E-state index < -0.39 is 0 Å². The van der Waals surface area contributed by atoms with E-state index in [0.29, 0.717) is 0 Å². The van der Waals surface area contributed by atoms with E-state index in [0.717, 1.165) is 18.2 Å². The Labute approximate surface area is 88.4 Å². The lowest BCUT2D eigenvalue weighted by atomic mass is 9.96. The smallest absolute Gasteiger partial charge is 0.0257 e. The molecule has 0 spiro atoms. The molecule has 0 aromatic heterocycles. The van der Waals surface area contributed by atoms with E-state index in [2.05, 4.69) is 26.0 Å². The SMILES string of the molecule is CCCCC(CC)CC=CCCCl. The van der Waals surface area contributed by atoms with E-state index in [4.69, 9.17) is 11.6 Å². The Morgan fingerprint density at radius 2 is 2.00 bits per heavy atom. The van der Waals surface area contributed by atoms with Gasteiger partial charge in [0, 0.05) is 5.88 Å². The minimum absolute atomic E-state index is 0.752. The van der Waals surface area contributed by atoms with E-state index in [1.165, 1.54) is 32.1 Å². The van der Waals surface area contributed by atoms with Crippen molar-refractivity contribution in [3.63, 3.8) is 0 Å². The molecule has 0 bridgehead atoms. The van der Waals surface area contributed by atoms with Crippen molar-refractivity contribution in [1.82, 2.24) is 0 Å². The van der Waals surface area contributed by atoms with E-state index >= 15 is 0 Å². The van der Waals surface area contributed by atoms with E-state index in [9.17, 15) is 0 Å². The predicted octanol–water partition coefficient (Wildman–Crippen LogP) is 4.78. The second kappa shape index (κ2) is 10.1. The molecule has 13 heavy (non-hydrogen) atoms. The molecule has 1 atom stereocenters. The summed E-state index contributed by atoms with van der Waals surface area (Å²) in [7, 11) is 0. The molecule has 0 saturated heterocycles. The van der Waals surface area contributed by atoms with Crippen LogP contribution < -0.4 is 0 Å². The molecule has 0 aromatic carbocycles. The van der Waals surface area contributed by atoms with Crippen LogP contribution in [0.25, 0.3) is 0 Å². The molecule has 0 fully saturated rings. The summed E-state index contributed by atoms with van der Waals surface area (Å²) in [5.74, 6) is 1.65. The zero-order valence-electron chi connectivity index (χ0n) is 9.06. The van der Waals surface area contributed by atoms with Crippen molar-refractivity contribution < 1.29 is 0 Å². The predicted molar refractivity (Wildman–Crippen MR) is 62.4 cm³/mol. The van der Waals surface area contributed by atoms with Crippen LogP contribution in [-0.4, -0.2) is 5.88 Å². The number of hydrogen-bond donors (Lipinski definition) is 0. The van der Waals surface area contributed by atoms with Crippen molar-refractivity contribution >= 4 is 11.6 Å². The summed E-state index contributed by atoms with van der Waals surface area (Å²) >= 11 is 5.58. The average molecular weight is 203 g/mol. The van der Waals surface area contributed by atoms with Gasteiger partial charge in [-0.05, 0) is 18.8 Å². The van der Waals surface area contributed by atoms with E-state index in [1.807, 2.05) is 0 Å². The Kier molecular flexibility index (Phi) is 10.1. The second-order valence-corrected chi connectivity index (χ2v) is 3.98. The zero-order chi connectivity index (χ0) is 9.94. The molecule has 0 aromatic rings. The van der Waals surface area contributed by atoms with Gasteiger partial charge in [-0.1, -0.05) is 51.7 Å². The van der Waals surface area contributed by atoms with E-state index in [1.54, 1.807) is 0 Å². The molecule has 1 heteroatoms. The highest BCUT2D eigenvalue weighted by molar-refractivity contribution is 6.17. The van der Waals surface area contributed by atoms with Crippen molar-refractivity contribution in [2.45, 2.75) is 52.4 Å². The molecule has 0 amide bonds. The third kappa shape index (κ3) is 8.36. The Bertz CT molecular complexity index is 118. The molecule has 1 unspecified atom stereocenters. The molecule has 0 N–H and O–H groups in total. The molecule has 0 radical (unpaired) electrons. The zero-order valence-corrected chi connectivity index (χ0v) is 9.82. The fourth-order valence-corrected chi connectivity index (χ4v) is 1.58. The molecule has 0 rings (SSSR count). The normalized spacial score (nSPS) is 13.8. The highest BCUT2D eigenvalue weighted by Gasteiger charge is 2.02. The lowest BCUT2D eigenvalue weighted by molar-refractivity contribution is 0.456. The van der Waals surface area contributed by atoms with Crippen molar-refractivity contribution in [3.8, 4) is 0 Å². The molecule has 78 valence electrons. The van der Waals surface area contributed by atoms with Crippen LogP contribution in [0, 0.1) is 5.92 Å². The first-order chi connectivity index (χ1) is 6.35. The molecular weight excluding hydrogens is 180 g/mol. The third-order valence-electron chi connectivity index (χ3n) is 2.46. The van der Waals surface area contributed by atoms with Crippen molar-refractivity contribution in [2.75, 3.05) is 5.88 Å².